The monoisotopic (exact) mass is 172 g/mol. The Bertz CT molecular complexity index is 466. The van der Waals surface area contributed by atoms with Gasteiger partial charge < -0.3 is 0 Å². The van der Waals surface area contributed by atoms with Gasteiger partial charge in [-0.1, -0.05) is 24.3 Å². The van der Waals surface area contributed by atoms with Crippen LogP contribution in [0.25, 0.3) is 16.5 Å². The minimum Gasteiger partial charge on any atom is -0.268 e. The van der Waals surface area contributed by atoms with Gasteiger partial charge in [0.05, 0.1) is 11.7 Å². The largest absolute Gasteiger partial charge is 0.268 e. The first-order valence-electron chi connectivity index (χ1n) is 4.26. The fourth-order valence-corrected chi connectivity index (χ4v) is 1.41. The zero-order valence-electron chi connectivity index (χ0n) is 7.91. The lowest BCUT2D eigenvalue weighted by atomic mass is 10.1. The van der Waals surface area contributed by atoms with Gasteiger partial charge in [0.15, 0.2) is 0 Å². The maximum absolute atomic E-state index is 4.18. The summed E-state index contributed by atoms with van der Waals surface area (Å²) in [4.78, 5) is 0. The summed E-state index contributed by atoms with van der Waals surface area (Å²) in [6.45, 7) is 5.93. The van der Waals surface area contributed by atoms with Crippen molar-refractivity contribution in [2.75, 3.05) is 0 Å². The van der Waals surface area contributed by atoms with Crippen molar-refractivity contribution in [3.05, 3.63) is 36.5 Å². The van der Waals surface area contributed by atoms with Gasteiger partial charge in [-0.3, -0.25) is 4.68 Å². The van der Waals surface area contributed by atoms with Crippen molar-refractivity contribution in [3.8, 4) is 0 Å². The van der Waals surface area contributed by atoms with Crippen LogP contribution in [0.3, 0.4) is 0 Å². The Balaban J connectivity index is 2.72. The molecule has 1 heterocycles. The second-order valence-corrected chi connectivity index (χ2v) is 3.32. The highest BCUT2D eigenvalue weighted by atomic mass is 15.2. The highest BCUT2D eigenvalue weighted by Gasteiger charge is 2.00. The fraction of sp³-hybridized carbons (Fsp3) is 0.182. The molecule has 0 saturated heterocycles. The molecule has 66 valence electrons. The van der Waals surface area contributed by atoms with Crippen LogP contribution in [0.15, 0.2) is 31.0 Å². The fourth-order valence-electron chi connectivity index (χ4n) is 1.41. The van der Waals surface area contributed by atoms with Crippen molar-refractivity contribution >= 4 is 16.5 Å². The van der Waals surface area contributed by atoms with Crippen molar-refractivity contribution in [1.82, 2.24) is 9.78 Å². The minimum absolute atomic E-state index is 1.09. The second-order valence-electron chi connectivity index (χ2n) is 3.32. The highest BCUT2D eigenvalue weighted by molar-refractivity contribution is 5.82. The van der Waals surface area contributed by atoms with Gasteiger partial charge in [-0.05, 0) is 18.6 Å². The second kappa shape index (κ2) is 2.73. The van der Waals surface area contributed by atoms with Crippen LogP contribution in [0.4, 0.5) is 0 Å². The van der Waals surface area contributed by atoms with E-state index in [0.717, 1.165) is 11.1 Å². The molecule has 2 heteroatoms. The van der Waals surface area contributed by atoms with Crippen LogP contribution in [-0.4, -0.2) is 9.78 Å². The van der Waals surface area contributed by atoms with Crippen LogP contribution in [0.1, 0.15) is 12.5 Å². The van der Waals surface area contributed by atoms with Gasteiger partial charge in [-0.25, -0.2) is 0 Å². The summed E-state index contributed by atoms with van der Waals surface area (Å²) >= 11 is 0. The van der Waals surface area contributed by atoms with Crippen LogP contribution in [0.2, 0.25) is 0 Å². The molecule has 0 radical (unpaired) electrons. The average molecular weight is 172 g/mol. The van der Waals surface area contributed by atoms with Gasteiger partial charge >= 0.3 is 0 Å². The van der Waals surface area contributed by atoms with Crippen molar-refractivity contribution in [3.63, 3.8) is 0 Å². The van der Waals surface area contributed by atoms with Crippen LogP contribution >= 0.6 is 0 Å². The quantitative estimate of drug-likeness (QED) is 0.646. The molecule has 0 unspecified atom stereocenters. The third-order valence-corrected chi connectivity index (χ3v) is 2.24. The molecule has 0 bridgehead atoms. The maximum Gasteiger partial charge on any atom is 0.0685 e. The first-order chi connectivity index (χ1) is 6.18. The van der Waals surface area contributed by atoms with E-state index in [4.69, 9.17) is 0 Å². The average Bonchev–Trinajstić information content (AvgIpc) is 2.47. The van der Waals surface area contributed by atoms with Gasteiger partial charge in [0.25, 0.3) is 0 Å². The Hall–Kier alpha value is -1.57. The van der Waals surface area contributed by atoms with Crippen LogP contribution in [-0.2, 0) is 7.05 Å². The van der Waals surface area contributed by atoms with Crippen LogP contribution in [0, 0.1) is 0 Å². The summed E-state index contributed by atoms with van der Waals surface area (Å²) in [5, 5.41) is 5.36. The molecule has 0 saturated carbocycles. The third-order valence-electron chi connectivity index (χ3n) is 2.24. The maximum atomic E-state index is 4.18. The number of rotatable bonds is 1. The molecule has 13 heavy (non-hydrogen) atoms. The molecular weight excluding hydrogens is 160 g/mol. The number of aryl methyl sites for hydroxylation is 1. The van der Waals surface area contributed by atoms with E-state index in [0.29, 0.717) is 0 Å². The summed E-state index contributed by atoms with van der Waals surface area (Å²) in [5.41, 5.74) is 3.42. The van der Waals surface area contributed by atoms with Crippen molar-refractivity contribution in [1.29, 1.82) is 0 Å². The molecule has 0 N–H and O–H groups in total. The van der Waals surface area contributed by atoms with Gasteiger partial charge in [0.2, 0.25) is 0 Å². The summed E-state index contributed by atoms with van der Waals surface area (Å²) < 4.78 is 1.88. The third kappa shape index (κ3) is 1.24. The summed E-state index contributed by atoms with van der Waals surface area (Å²) in [5.74, 6) is 0. The molecule has 2 nitrogen and oxygen atoms in total. The summed E-state index contributed by atoms with van der Waals surface area (Å²) in [6.07, 6.45) is 1.87. The molecule has 0 aliphatic heterocycles. The smallest absolute Gasteiger partial charge is 0.0685 e. The molecule has 1 aromatic carbocycles. The summed E-state index contributed by atoms with van der Waals surface area (Å²) in [6, 6.07) is 6.27. The number of fused-ring (bicyclic) bond motifs is 1. The van der Waals surface area contributed by atoms with Crippen LogP contribution < -0.4 is 0 Å². The van der Waals surface area contributed by atoms with Crippen molar-refractivity contribution < 1.29 is 0 Å². The topological polar surface area (TPSA) is 17.8 Å². The minimum atomic E-state index is 1.09. The number of allylic oxidation sites excluding steroid dienone is 1. The molecule has 1 aromatic heterocycles. The van der Waals surface area contributed by atoms with E-state index in [2.05, 4.69) is 29.9 Å². The molecule has 0 fully saturated rings. The van der Waals surface area contributed by atoms with E-state index in [9.17, 15) is 0 Å². The highest BCUT2D eigenvalue weighted by Crippen LogP contribution is 2.18. The predicted octanol–water partition coefficient (Wildman–Crippen LogP) is 2.61. The number of nitrogens with zero attached hydrogens (tertiary/aromatic N) is 2. The number of aromatic nitrogens is 2. The van der Waals surface area contributed by atoms with Gasteiger partial charge in [-0.15, -0.1) is 0 Å². The number of hydrogen-bond acceptors (Lipinski definition) is 1. The van der Waals surface area contributed by atoms with E-state index < -0.39 is 0 Å². The van der Waals surface area contributed by atoms with E-state index in [1.165, 1.54) is 10.9 Å². The van der Waals surface area contributed by atoms with E-state index >= 15 is 0 Å². The molecule has 2 rings (SSSR count). The Kier molecular flexibility index (Phi) is 1.69. The first kappa shape index (κ1) is 8.05. The Labute approximate surface area is 77.5 Å². The van der Waals surface area contributed by atoms with Crippen molar-refractivity contribution in [2.24, 2.45) is 7.05 Å². The molecule has 0 spiro atoms. The number of hydrogen-bond donors (Lipinski definition) is 0. The van der Waals surface area contributed by atoms with Gasteiger partial charge in [0.1, 0.15) is 0 Å². The van der Waals surface area contributed by atoms with Crippen molar-refractivity contribution in [2.45, 2.75) is 6.92 Å². The van der Waals surface area contributed by atoms with Crippen LogP contribution in [0.5, 0.6) is 0 Å². The molecule has 0 amide bonds. The first-order valence-corrected chi connectivity index (χ1v) is 4.26. The lowest BCUT2D eigenvalue weighted by Crippen LogP contribution is -1.89. The zero-order chi connectivity index (χ0) is 9.42. The Morgan fingerprint density at radius 3 is 2.92 bits per heavy atom. The standard InChI is InChI=1S/C11H12N2/c1-8(2)9-4-5-10-7-12-13(3)11(10)6-9/h4-7H,1H2,2-3H3. The van der Waals surface area contributed by atoms with E-state index in [1.807, 2.05) is 24.9 Å². The lowest BCUT2D eigenvalue weighted by molar-refractivity contribution is 0.797. The van der Waals surface area contributed by atoms with Gasteiger partial charge in [-0.2, -0.15) is 5.10 Å². The van der Waals surface area contributed by atoms with E-state index in [-0.39, 0.29) is 0 Å². The summed E-state index contributed by atoms with van der Waals surface area (Å²) in [7, 11) is 1.95. The molecule has 2 aromatic rings. The predicted molar refractivity (Wildman–Crippen MR) is 55.4 cm³/mol. The van der Waals surface area contributed by atoms with Gasteiger partial charge in [0, 0.05) is 12.4 Å². The number of benzene rings is 1. The molecule has 0 aliphatic rings. The SMILES string of the molecule is C=C(C)c1ccc2cnn(C)c2c1. The Morgan fingerprint density at radius 1 is 1.46 bits per heavy atom. The Morgan fingerprint density at radius 2 is 2.23 bits per heavy atom. The molecule has 0 atom stereocenters. The zero-order valence-corrected chi connectivity index (χ0v) is 7.91. The normalized spacial score (nSPS) is 10.6. The molecule has 0 aliphatic carbocycles. The van der Waals surface area contributed by atoms with E-state index in [1.54, 1.807) is 0 Å². The lowest BCUT2D eigenvalue weighted by Gasteiger charge is -2.00. The molecular formula is C11H12N2.